The molecule has 1 N–H and O–H groups in total. The summed E-state index contributed by atoms with van der Waals surface area (Å²) in [6, 6.07) is 2.42. The number of nitrogens with one attached hydrogen (secondary N) is 1. The summed E-state index contributed by atoms with van der Waals surface area (Å²) >= 11 is 1.52. The van der Waals surface area contributed by atoms with Gasteiger partial charge in [0.05, 0.1) is 4.88 Å². The summed E-state index contributed by atoms with van der Waals surface area (Å²) in [4.78, 5) is 18.0. The van der Waals surface area contributed by atoms with Gasteiger partial charge < -0.3 is 10.2 Å². The summed E-state index contributed by atoms with van der Waals surface area (Å²) in [5.74, 6) is 0.611. The first kappa shape index (κ1) is 16.5. The number of hydrogen-bond acceptors (Lipinski definition) is 4. The average molecular weight is 309 g/mol. The van der Waals surface area contributed by atoms with Crippen LogP contribution in [0.5, 0.6) is 0 Å². The Labute approximate surface area is 132 Å². The number of carbonyl (C=O) groups is 1. The van der Waals surface area contributed by atoms with Crippen LogP contribution < -0.4 is 5.32 Å². The van der Waals surface area contributed by atoms with Gasteiger partial charge in [-0.25, -0.2) is 0 Å². The van der Waals surface area contributed by atoms with Crippen molar-refractivity contribution in [2.75, 3.05) is 39.8 Å². The predicted octanol–water partition coefficient (Wildman–Crippen LogP) is 2.06. The third kappa shape index (κ3) is 4.28. The molecule has 0 bridgehead atoms. The summed E-state index contributed by atoms with van der Waals surface area (Å²) < 4.78 is 0. The van der Waals surface area contributed by atoms with Crippen molar-refractivity contribution in [3.05, 3.63) is 21.9 Å². The van der Waals surface area contributed by atoms with E-state index in [1.165, 1.54) is 11.3 Å². The third-order valence-corrected chi connectivity index (χ3v) is 5.33. The molecule has 1 unspecified atom stereocenters. The Bertz CT molecular complexity index is 464. The molecule has 1 saturated heterocycles. The van der Waals surface area contributed by atoms with Gasteiger partial charge in [0.25, 0.3) is 5.91 Å². The SMILES string of the molecule is Cc1ccsc1C(=O)NCC(C(C)C)N1CCN(C)CC1. The zero-order valence-corrected chi connectivity index (χ0v) is 14.4. The van der Waals surface area contributed by atoms with E-state index in [0.717, 1.165) is 43.2 Å². The van der Waals surface area contributed by atoms with Crippen LogP contribution >= 0.6 is 11.3 Å². The Morgan fingerprint density at radius 3 is 2.52 bits per heavy atom. The molecular formula is C16H27N3OS. The highest BCUT2D eigenvalue weighted by Gasteiger charge is 2.25. The molecule has 0 spiro atoms. The lowest BCUT2D eigenvalue weighted by molar-refractivity contribution is 0.0792. The summed E-state index contributed by atoms with van der Waals surface area (Å²) in [5.41, 5.74) is 1.07. The van der Waals surface area contributed by atoms with Gasteiger partial charge in [0.1, 0.15) is 0 Å². The predicted molar refractivity (Wildman–Crippen MR) is 89.1 cm³/mol. The van der Waals surface area contributed by atoms with Crippen LogP contribution in [0.3, 0.4) is 0 Å². The second kappa shape index (κ2) is 7.38. The number of thiophene rings is 1. The topological polar surface area (TPSA) is 35.6 Å². The number of carbonyl (C=O) groups excluding carboxylic acids is 1. The van der Waals surface area contributed by atoms with Crippen molar-refractivity contribution < 1.29 is 4.79 Å². The van der Waals surface area contributed by atoms with Crippen LogP contribution in [0, 0.1) is 12.8 Å². The van der Waals surface area contributed by atoms with Gasteiger partial charge >= 0.3 is 0 Å². The lowest BCUT2D eigenvalue weighted by Gasteiger charge is -2.39. The lowest BCUT2D eigenvalue weighted by Crippen LogP contribution is -2.54. The third-order valence-electron chi connectivity index (χ3n) is 4.32. The maximum Gasteiger partial charge on any atom is 0.261 e. The standard InChI is InChI=1S/C16H27N3OS/c1-12(2)14(19-8-6-18(4)7-9-19)11-17-16(20)15-13(3)5-10-21-15/h5,10,12,14H,6-9,11H2,1-4H3,(H,17,20). The van der Waals surface area contributed by atoms with Gasteiger partial charge in [-0.15, -0.1) is 11.3 Å². The van der Waals surface area contributed by atoms with E-state index in [1.807, 2.05) is 18.4 Å². The second-order valence-electron chi connectivity index (χ2n) is 6.29. The number of aryl methyl sites for hydroxylation is 1. The molecule has 0 saturated carbocycles. The van der Waals surface area contributed by atoms with Crippen LogP contribution in [0.2, 0.25) is 0 Å². The molecule has 0 radical (unpaired) electrons. The largest absolute Gasteiger partial charge is 0.350 e. The Morgan fingerprint density at radius 1 is 1.33 bits per heavy atom. The van der Waals surface area contributed by atoms with Gasteiger partial charge in [-0.05, 0) is 36.9 Å². The average Bonchev–Trinajstić information content (AvgIpc) is 2.86. The van der Waals surface area contributed by atoms with Gasteiger partial charge in [0.2, 0.25) is 0 Å². The molecule has 1 aromatic rings. The second-order valence-corrected chi connectivity index (χ2v) is 7.21. The van der Waals surface area contributed by atoms with E-state index in [2.05, 4.69) is 36.0 Å². The maximum absolute atomic E-state index is 12.3. The molecule has 1 aromatic heterocycles. The smallest absolute Gasteiger partial charge is 0.261 e. The Kier molecular flexibility index (Phi) is 5.79. The number of likely N-dealkylation sites (N-methyl/N-ethyl adjacent to an activating group) is 1. The van der Waals surface area contributed by atoms with E-state index >= 15 is 0 Å². The highest BCUT2D eigenvalue weighted by atomic mass is 32.1. The van der Waals surface area contributed by atoms with Gasteiger partial charge in [0.15, 0.2) is 0 Å². The molecule has 5 heteroatoms. The van der Waals surface area contributed by atoms with E-state index in [0.29, 0.717) is 12.0 Å². The van der Waals surface area contributed by atoms with Crippen molar-refractivity contribution >= 4 is 17.2 Å². The summed E-state index contributed by atoms with van der Waals surface area (Å²) in [6.07, 6.45) is 0. The van der Waals surface area contributed by atoms with Crippen LogP contribution in [0.15, 0.2) is 11.4 Å². The van der Waals surface area contributed by atoms with Gasteiger partial charge in [0, 0.05) is 38.8 Å². The quantitative estimate of drug-likeness (QED) is 0.904. The van der Waals surface area contributed by atoms with E-state index in [-0.39, 0.29) is 5.91 Å². The molecule has 2 heterocycles. The van der Waals surface area contributed by atoms with E-state index in [4.69, 9.17) is 0 Å². The van der Waals surface area contributed by atoms with Crippen molar-refractivity contribution in [2.24, 2.45) is 5.92 Å². The molecule has 1 atom stereocenters. The molecule has 1 fully saturated rings. The van der Waals surface area contributed by atoms with Crippen LogP contribution in [-0.2, 0) is 0 Å². The minimum absolute atomic E-state index is 0.0716. The molecule has 4 nitrogen and oxygen atoms in total. The molecule has 0 aromatic carbocycles. The van der Waals surface area contributed by atoms with Crippen molar-refractivity contribution in [1.29, 1.82) is 0 Å². The molecule has 118 valence electrons. The van der Waals surface area contributed by atoms with Gasteiger partial charge in [-0.3, -0.25) is 9.69 Å². The molecular weight excluding hydrogens is 282 g/mol. The summed E-state index contributed by atoms with van der Waals surface area (Å²) in [7, 11) is 2.17. The first-order valence-electron chi connectivity index (χ1n) is 7.74. The number of amides is 1. The minimum atomic E-state index is 0.0716. The molecule has 1 amide bonds. The first-order chi connectivity index (χ1) is 9.99. The van der Waals surface area contributed by atoms with Crippen molar-refractivity contribution in [2.45, 2.75) is 26.8 Å². The minimum Gasteiger partial charge on any atom is -0.350 e. The maximum atomic E-state index is 12.3. The number of hydrogen-bond donors (Lipinski definition) is 1. The molecule has 21 heavy (non-hydrogen) atoms. The molecule has 1 aliphatic heterocycles. The van der Waals surface area contributed by atoms with Crippen LogP contribution in [0.25, 0.3) is 0 Å². The lowest BCUT2D eigenvalue weighted by atomic mass is 10.0. The fourth-order valence-corrected chi connectivity index (χ4v) is 3.66. The molecule has 0 aliphatic carbocycles. The normalized spacial score (nSPS) is 18.9. The Hall–Kier alpha value is -0.910. The van der Waals surface area contributed by atoms with Crippen molar-refractivity contribution in [3.63, 3.8) is 0 Å². The van der Waals surface area contributed by atoms with Gasteiger partial charge in [-0.2, -0.15) is 0 Å². The van der Waals surface area contributed by atoms with Crippen LogP contribution in [-0.4, -0.2) is 61.5 Å². The van der Waals surface area contributed by atoms with Crippen molar-refractivity contribution in [1.82, 2.24) is 15.1 Å². The number of nitrogens with zero attached hydrogens (tertiary/aromatic N) is 2. The van der Waals surface area contributed by atoms with E-state index < -0.39 is 0 Å². The van der Waals surface area contributed by atoms with Crippen LogP contribution in [0.1, 0.15) is 29.1 Å². The highest BCUT2D eigenvalue weighted by Crippen LogP contribution is 2.16. The van der Waals surface area contributed by atoms with Crippen LogP contribution in [0.4, 0.5) is 0 Å². The summed E-state index contributed by atoms with van der Waals surface area (Å²) in [5, 5.41) is 5.11. The molecule has 2 rings (SSSR count). The first-order valence-corrected chi connectivity index (χ1v) is 8.62. The zero-order valence-electron chi connectivity index (χ0n) is 13.6. The van der Waals surface area contributed by atoms with E-state index in [9.17, 15) is 4.79 Å². The number of piperazine rings is 1. The zero-order chi connectivity index (χ0) is 15.4. The molecule has 1 aliphatic rings. The Morgan fingerprint density at radius 2 is 2.00 bits per heavy atom. The summed E-state index contributed by atoms with van der Waals surface area (Å²) in [6.45, 7) is 11.6. The van der Waals surface area contributed by atoms with Crippen molar-refractivity contribution in [3.8, 4) is 0 Å². The monoisotopic (exact) mass is 309 g/mol. The van der Waals surface area contributed by atoms with Gasteiger partial charge in [-0.1, -0.05) is 13.8 Å². The fraction of sp³-hybridized carbons (Fsp3) is 0.688. The highest BCUT2D eigenvalue weighted by molar-refractivity contribution is 7.12. The Balaban J connectivity index is 1.91. The number of rotatable bonds is 5. The fourth-order valence-electron chi connectivity index (χ4n) is 2.82. The van der Waals surface area contributed by atoms with E-state index in [1.54, 1.807) is 0 Å².